The van der Waals surface area contributed by atoms with Gasteiger partial charge in [0.2, 0.25) is 0 Å². The maximum Gasteiger partial charge on any atom is 0.339 e. The molecule has 0 bridgehead atoms. The summed E-state index contributed by atoms with van der Waals surface area (Å²) in [6.07, 6.45) is 2.34. The molecule has 128 valence electrons. The van der Waals surface area contributed by atoms with E-state index in [4.69, 9.17) is 9.47 Å². The van der Waals surface area contributed by atoms with Gasteiger partial charge in [-0.3, -0.25) is 0 Å². The van der Waals surface area contributed by atoms with Crippen LogP contribution < -0.4 is 9.47 Å². The molecule has 2 N–H and O–H groups in total. The van der Waals surface area contributed by atoms with E-state index in [1.807, 2.05) is 13.8 Å². The summed E-state index contributed by atoms with van der Waals surface area (Å²) in [5.41, 5.74) is 0.491. The quantitative estimate of drug-likeness (QED) is 0.673. The first-order valence-electron chi connectivity index (χ1n) is 7.76. The third kappa shape index (κ3) is 4.15. The van der Waals surface area contributed by atoms with Crippen molar-refractivity contribution in [3.63, 3.8) is 0 Å². The van der Waals surface area contributed by atoms with Crippen LogP contribution in [-0.4, -0.2) is 35.4 Å². The molecule has 1 aromatic rings. The van der Waals surface area contributed by atoms with Crippen LogP contribution in [0.3, 0.4) is 0 Å². The molecule has 0 heterocycles. The predicted molar refractivity (Wildman–Crippen MR) is 86.0 cm³/mol. The second-order valence-electron chi connectivity index (χ2n) is 5.32. The van der Waals surface area contributed by atoms with Crippen LogP contribution in [0, 0.1) is 13.8 Å². The average Bonchev–Trinajstić information content (AvgIpc) is 2.48. The van der Waals surface area contributed by atoms with Crippen LogP contribution in [0.1, 0.15) is 65.0 Å². The highest BCUT2D eigenvalue weighted by atomic mass is 16.5. The molecular formula is C17H24O6. The molecule has 0 saturated heterocycles. The Bertz CT molecular complexity index is 591. The molecule has 0 atom stereocenters. The number of rotatable bonds is 9. The van der Waals surface area contributed by atoms with E-state index in [2.05, 4.69) is 0 Å². The van der Waals surface area contributed by atoms with Crippen molar-refractivity contribution in [1.82, 2.24) is 0 Å². The summed E-state index contributed by atoms with van der Waals surface area (Å²) in [5, 5.41) is 19.0. The fourth-order valence-electron chi connectivity index (χ4n) is 2.34. The van der Waals surface area contributed by atoms with Gasteiger partial charge in [0.15, 0.2) is 0 Å². The Morgan fingerprint density at radius 3 is 1.61 bits per heavy atom. The minimum atomic E-state index is -1.16. The van der Waals surface area contributed by atoms with E-state index in [9.17, 15) is 19.8 Å². The molecule has 23 heavy (non-hydrogen) atoms. The smallest absolute Gasteiger partial charge is 0.339 e. The van der Waals surface area contributed by atoms with E-state index in [1.54, 1.807) is 13.8 Å². The van der Waals surface area contributed by atoms with Crippen molar-refractivity contribution >= 4 is 11.9 Å². The van der Waals surface area contributed by atoms with Crippen LogP contribution in [0.4, 0.5) is 0 Å². The molecule has 6 heteroatoms. The Morgan fingerprint density at radius 2 is 1.26 bits per heavy atom. The van der Waals surface area contributed by atoms with Crippen molar-refractivity contribution in [2.75, 3.05) is 13.2 Å². The van der Waals surface area contributed by atoms with E-state index >= 15 is 0 Å². The van der Waals surface area contributed by atoms with Crippen molar-refractivity contribution in [3.8, 4) is 11.5 Å². The normalized spacial score (nSPS) is 10.4. The molecule has 0 unspecified atom stereocenters. The Hall–Kier alpha value is -2.24. The van der Waals surface area contributed by atoms with E-state index in [-0.39, 0.29) is 33.8 Å². The summed E-state index contributed by atoms with van der Waals surface area (Å²) in [4.78, 5) is 23.3. The van der Waals surface area contributed by atoms with E-state index in [0.717, 1.165) is 12.8 Å². The van der Waals surface area contributed by atoms with Crippen molar-refractivity contribution < 1.29 is 29.3 Å². The minimum Gasteiger partial charge on any atom is -0.492 e. The molecule has 1 aromatic carbocycles. The molecule has 0 amide bonds. The molecule has 0 saturated carbocycles. The van der Waals surface area contributed by atoms with Gasteiger partial charge in [-0.05, 0) is 26.7 Å². The molecule has 0 fully saturated rings. The lowest BCUT2D eigenvalue weighted by molar-refractivity contribution is 0.0670. The fourth-order valence-corrected chi connectivity index (χ4v) is 2.34. The van der Waals surface area contributed by atoms with Gasteiger partial charge in [0.05, 0.1) is 13.2 Å². The van der Waals surface area contributed by atoms with Crippen LogP contribution in [0.5, 0.6) is 11.5 Å². The molecule has 0 spiro atoms. The third-order valence-electron chi connectivity index (χ3n) is 3.51. The Kier molecular flexibility index (Phi) is 6.88. The van der Waals surface area contributed by atoms with Crippen LogP contribution in [0.25, 0.3) is 0 Å². The number of hydrogen-bond acceptors (Lipinski definition) is 4. The van der Waals surface area contributed by atoms with Crippen LogP contribution in [-0.2, 0) is 0 Å². The van der Waals surface area contributed by atoms with Gasteiger partial charge in [-0.2, -0.15) is 0 Å². The monoisotopic (exact) mass is 324 g/mol. The molecule has 1 rings (SSSR count). The van der Waals surface area contributed by atoms with Gasteiger partial charge in [-0.1, -0.05) is 20.3 Å². The van der Waals surface area contributed by atoms with Gasteiger partial charge in [-0.15, -0.1) is 0 Å². The zero-order valence-corrected chi connectivity index (χ0v) is 14.1. The van der Waals surface area contributed by atoms with Crippen molar-refractivity contribution in [2.24, 2.45) is 0 Å². The Balaban J connectivity index is 3.56. The Labute approximate surface area is 136 Å². The zero-order chi connectivity index (χ0) is 17.6. The van der Waals surface area contributed by atoms with Gasteiger partial charge in [0.1, 0.15) is 22.6 Å². The largest absolute Gasteiger partial charge is 0.492 e. The van der Waals surface area contributed by atoms with Gasteiger partial charge in [0, 0.05) is 11.1 Å². The first kappa shape index (κ1) is 18.8. The number of aromatic carboxylic acids is 2. The standard InChI is InChI=1S/C17H24O6/c1-5-7-9-23-15-11(4)12(16(18)19)14(22-8-6-2)10(3)13(15)17(20)21/h5-9H2,1-4H3,(H,18,19)(H,20,21). The summed E-state index contributed by atoms with van der Waals surface area (Å²) < 4.78 is 11.1. The number of hydrogen-bond donors (Lipinski definition) is 2. The summed E-state index contributed by atoms with van der Waals surface area (Å²) in [6.45, 7) is 7.64. The van der Waals surface area contributed by atoms with E-state index < -0.39 is 11.9 Å². The molecule has 0 aromatic heterocycles. The number of ether oxygens (including phenoxy) is 2. The van der Waals surface area contributed by atoms with Crippen molar-refractivity contribution in [2.45, 2.75) is 47.0 Å². The lowest BCUT2D eigenvalue weighted by atomic mass is 9.96. The zero-order valence-electron chi connectivity index (χ0n) is 14.1. The van der Waals surface area contributed by atoms with Crippen LogP contribution >= 0.6 is 0 Å². The first-order valence-corrected chi connectivity index (χ1v) is 7.76. The highest BCUT2D eigenvalue weighted by Crippen LogP contribution is 2.38. The van der Waals surface area contributed by atoms with E-state index in [0.29, 0.717) is 19.6 Å². The summed E-state index contributed by atoms with van der Waals surface area (Å²) in [7, 11) is 0. The second-order valence-corrected chi connectivity index (χ2v) is 5.32. The van der Waals surface area contributed by atoms with Gasteiger partial charge < -0.3 is 19.7 Å². The number of unbranched alkanes of at least 4 members (excludes halogenated alkanes) is 1. The molecule has 0 aliphatic rings. The molecular weight excluding hydrogens is 300 g/mol. The van der Waals surface area contributed by atoms with Crippen LogP contribution in [0.15, 0.2) is 0 Å². The number of benzene rings is 1. The summed E-state index contributed by atoms with van der Waals surface area (Å²) in [5.74, 6) is -2.09. The SMILES string of the molecule is CCCCOc1c(C)c(C(=O)O)c(OCCC)c(C)c1C(=O)O. The summed E-state index contributed by atoms with van der Waals surface area (Å²) in [6, 6.07) is 0. The number of carboxylic acid groups (broad SMARTS) is 2. The second kappa shape index (κ2) is 8.41. The first-order chi connectivity index (χ1) is 10.9. The molecule has 0 aliphatic heterocycles. The maximum atomic E-state index is 11.7. The lowest BCUT2D eigenvalue weighted by Gasteiger charge is -2.20. The average molecular weight is 324 g/mol. The molecule has 0 radical (unpaired) electrons. The van der Waals surface area contributed by atoms with Crippen LogP contribution in [0.2, 0.25) is 0 Å². The highest BCUT2D eigenvalue weighted by molar-refractivity contribution is 6.00. The molecule has 6 nitrogen and oxygen atoms in total. The fraction of sp³-hybridized carbons (Fsp3) is 0.529. The van der Waals surface area contributed by atoms with E-state index in [1.165, 1.54) is 0 Å². The number of carboxylic acids is 2. The van der Waals surface area contributed by atoms with Crippen molar-refractivity contribution in [3.05, 3.63) is 22.3 Å². The van der Waals surface area contributed by atoms with Crippen molar-refractivity contribution in [1.29, 1.82) is 0 Å². The number of carbonyl (C=O) groups is 2. The highest BCUT2D eigenvalue weighted by Gasteiger charge is 2.28. The van der Waals surface area contributed by atoms with Gasteiger partial charge in [-0.25, -0.2) is 9.59 Å². The van der Waals surface area contributed by atoms with Gasteiger partial charge in [0.25, 0.3) is 0 Å². The predicted octanol–water partition coefficient (Wildman–Crippen LogP) is 3.67. The molecule has 0 aliphatic carbocycles. The van der Waals surface area contributed by atoms with Gasteiger partial charge >= 0.3 is 11.9 Å². The third-order valence-corrected chi connectivity index (χ3v) is 3.51. The summed E-state index contributed by atoms with van der Waals surface area (Å²) >= 11 is 0. The minimum absolute atomic E-state index is 0.0327. The topological polar surface area (TPSA) is 93.1 Å². The maximum absolute atomic E-state index is 11.7. The Morgan fingerprint density at radius 1 is 0.826 bits per heavy atom. The lowest BCUT2D eigenvalue weighted by Crippen LogP contribution is -2.15.